The molecule has 0 aromatic rings. The Morgan fingerprint density at radius 1 is 0.729 bits per heavy atom. The van der Waals surface area contributed by atoms with Crippen LogP contribution < -0.4 is 0 Å². The van der Waals surface area contributed by atoms with Crippen LogP contribution in [-0.2, 0) is 32.9 Å². The van der Waals surface area contributed by atoms with Gasteiger partial charge in [-0.2, -0.15) is 0 Å². The van der Waals surface area contributed by atoms with Crippen molar-refractivity contribution < 1.29 is 42.7 Å². The van der Waals surface area contributed by atoms with E-state index in [1.54, 1.807) is 0 Å². The van der Waals surface area contributed by atoms with Crippen LogP contribution in [0.25, 0.3) is 0 Å². The molecule has 0 amide bonds. The number of ether oxygens (including phenoxy) is 3. The van der Waals surface area contributed by atoms with Crippen LogP contribution in [0.2, 0.25) is 0 Å². The summed E-state index contributed by atoms with van der Waals surface area (Å²) in [5.41, 5.74) is 0. The van der Waals surface area contributed by atoms with Gasteiger partial charge in [0.25, 0.3) is 0 Å². The molecule has 0 aliphatic carbocycles. The number of unbranched alkanes of at least 4 members (excludes halogenated alkanes) is 16. The fraction of sp³-hybridized carbons (Fsp3) is 0.895. The SMILES string of the molecule is CCCCCC1OC1C/C=C\CCCCCCCC(=O)O[C@H](COC(=O)CCCCCCCCCCCCC(C)CC)COP(=O)(O)O. The van der Waals surface area contributed by atoms with E-state index in [4.69, 9.17) is 24.0 Å². The van der Waals surface area contributed by atoms with Gasteiger partial charge in [-0.15, -0.1) is 0 Å². The molecular weight excluding hydrogens is 631 g/mol. The molecule has 1 saturated heterocycles. The summed E-state index contributed by atoms with van der Waals surface area (Å²) >= 11 is 0. The number of phosphoric acid groups is 1. The van der Waals surface area contributed by atoms with Crippen molar-refractivity contribution >= 4 is 19.8 Å². The summed E-state index contributed by atoms with van der Waals surface area (Å²) in [5, 5.41) is 0. The zero-order chi connectivity index (χ0) is 35.3. The van der Waals surface area contributed by atoms with Gasteiger partial charge >= 0.3 is 19.8 Å². The van der Waals surface area contributed by atoms with Crippen molar-refractivity contribution in [2.24, 2.45) is 5.92 Å². The molecule has 0 bridgehead atoms. The third-order valence-electron chi connectivity index (χ3n) is 9.25. The first-order valence-corrected chi connectivity index (χ1v) is 21.0. The molecule has 9 nitrogen and oxygen atoms in total. The van der Waals surface area contributed by atoms with Crippen molar-refractivity contribution in [2.75, 3.05) is 13.2 Å². The van der Waals surface area contributed by atoms with Gasteiger partial charge in [0.15, 0.2) is 6.10 Å². The smallest absolute Gasteiger partial charge is 0.462 e. The van der Waals surface area contributed by atoms with Crippen LogP contribution in [-0.4, -0.2) is 53.3 Å². The van der Waals surface area contributed by atoms with Crippen LogP contribution in [0, 0.1) is 5.92 Å². The Bertz CT molecular complexity index is 874. The van der Waals surface area contributed by atoms with Gasteiger partial charge in [0.2, 0.25) is 0 Å². The molecule has 1 fully saturated rings. The molecule has 1 rings (SSSR count). The lowest BCUT2D eigenvalue weighted by atomic mass is 9.99. The minimum Gasteiger partial charge on any atom is -0.462 e. The second kappa shape index (κ2) is 29.5. The van der Waals surface area contributed by atoms with Crippen molar-refractivity contribution in [1.29, 1.82) is 0 Å². The van der Waals surface area contributed by atoms with E-state index in [2.05, 4.69) is 37.4 Å². The Morgan fingerprint density at radius 3 is 1.92 bits per heavy atom. The summed E-state index contributed by atoms with van der Waals surface area (Å²) < 4.78 is 32.1. The summed E-state index contributed by atoms with van der Waals surface area (Å²) in [4.78, 5) is 42.7. The molecule has 48 heavy (non-hydrogen) atoms. The largest absolute Gasteiger partial charge is 0.469 e. The highest BCUT2D eigenvalue weighted by Gasteiger charge is 2.36. The molecule has 1 aliphatic rings. The van der Waals surface area contributed by atoms with Gasteiger partial charge in [-0.1, -0.05) is 142 Å². The zero-order valence-corrected chi connectivity index (χ0v) is 31.6. The standard InChI is InChI=1S/C38H71O9P/c1-4-6-21-27-35-36(47-35)28-23-18-14-11-12-16-20-25-30-38(40)46-34(32-45-48(41,42)43)31-44-37(39)29-24-19-15-10-8-7-9-13-17-22-26-33(3)5-2/h18,23,33-36H,4-17,19-22,24-32H2,1-3H3,(H2,41,42,43)/b23-18-/t33?,34-,35?,36?/m1/s1. The first-order valence-electron chi connectivity index (χ1n) is 19.5. The lowest BCUT2D eigenvalue weighted by molar-refractivity contribution is -0.161. The number of hydrogen-bond donors (Lipinski definition) is 2. The molecule has 2 N–H and O–H groups in total. The van der Waals surface area contributed by atoms with Crippen LogP contribution in [0.4, 0.5) is 0 Å². The molecule has 0 radical (unpaired) electrons. The minimum absolute atomic E-state index is 0.194. The maximum Gasteiger partial charge on any atom is 0.469 e. The Hall–Kier alpha value is -1.25. The number of allylic oxidation sites excluding steroid dienone is 1. The van der Waals surface area contributed by atoms with Crippen LogP contribution >= 0.6 is 7.82 Å². The van der Waals surface area contributed by atoms with Gasteiger partial charge < -0.3 is 24.0 Å². The predicted molar refractivity (Wildman–Crippen MR) is 193 cm³/mol. The van der Waals surface area contributed by atoms with E-state index in [0.29, 0.717) is 18.6 Å². The van der Waals surface area contributed by atoms with E-state index in [1.165, 1.54) is 83.5 Å². The Morgan fingerprint density at radius 2 is 1.31 bits per heavy atom. The summed E-state index contributed by atoms with van der Waals surface area (Å²) in [5.74, 6) is -0.0512. The average molecular weight is 703 g/mol. The molecule has 10 heteroatoms. The zero-order valence-electron chi connectivity index (χ0n) is 30.8. The normalized spacial score (nSPS) is 17.4. The number of carbonyl (C=O) groups excluding carboxylic acids is 2. The first-order chi connectivity index (χ1) is 23.1. The molecule has 1 aliphatic heterocycles. The molecule has 0 aromatic carbocycles. The van der Waals surface area contributed by atoms with Gasteiger partial charge in [0.05, 0.1) is 18.8 Å². The third-order valence-corrected chi connectivity index (χ3v) is 9.73. The fourth-order valence-electron chi connectivity index (χ4n) is 5.83. The van der Waals surface area contributed by atoms with Gasteiger partial charge in [-0.25, -0.2) is 4.57 Å². The van der Waals surface area contributed by atoms with E-state index in [9.17, 15) is 14.2 Å². The highest BCUT2D eigenvalue weighted by atomic mass is 31.2. The average Bonchev–Trinajstić information content (AvgIpc) is 3.80. The Labute approximate surface area is 292 Å². The van der Waals surface area contributed by atoms with Crippen LogP contribution in [0.3, 0.4) is 0 Å². The lowest BCUT2D eigenvalue weighted by Gasteiger charge is -2.18. The molecule has 0 spiro atoms. The summed E-state index contributed by atoms with van der Waals surface area (Å²) in [6.07, 6.45) is 31.0. The molecule has 1 heterocycles. The van der Waals surface area contributed by atoms with Crippen LogP contribution in [0.5, 0.6) is 0 Å². The highest BCUT2D eigenvalue weighted by molar-refractivity contribution is 7.46. The topological polar surface area (TPSA) is 132 Å². The van der Waals surface area contributed by atoms with Gasteiger partial charge in [0, 0.05) is 12.8 Å². The highest BCUT2D eigenvalue weighted by Crippen LogP contribution is 2.36. The summed E-state index contributed by atoms with van der Waals surface area (Å²) in [6.45, 7) is 5.98. The molecule has 0 saturated carbocycles. The monoisotopic (exact) mass is 702 g/mol. The lowest BCUT2D eigenvalue weighted by Crippen LogP contribution is -2.29. The number of epoxide rings is 1. The number of rotatable bonds is 34. The number of hydrogen-bond acceptors (Lipinski definition) is 7. The first kappa shape index (κ1) is 44.8. The third kappa shape index (κ3) is 28.6. The molecule has 4 atom stereocenters. The molecule has 282 valence electrons. The summed E-state index contributed by atoms with van der Waals surface area (Å²) in [7, 11) is -4.75. The van der Waals surface area contributed by atoms with E-state index in [1.807, 2.05) is 0 Å². The van der Waals surface area contributed by atoms with E-state index < -0.39 is 32.5 Å². The quantitative estimate of drug-likeness (QED) is 0.0221. The fourth-order valence-corrected chi connectivity index (χ4v) is 6.19. The molecular formula is C38H71O9P. The van der Waals surface area contributed by atoms with Crippen molar-refractivity contribution in [2.45, 2.75) is 200 Å². The van der Waals surface area contributed by atoms with Crippen molar-refractivity contribution in [1.82, 2.24) is 0 Å². The molecule has 0 aromatic heterocycles. The Balaban J connectivity index is 2.08. The van der Waals surface area contributed by atoms with Gasteiger partial charge in [-0.3, -0.25) is 14.1 Å². The summed E-state index contributed by atoms with van der Waals surface area (Å²) in [6, 6.07) is 0. The van der Waals surface area contributed by atoms with Crippen LogP contribution in [0.1, 0.15) is 181 Å². The van der Waals surface area contributed by atoms with E-state index in [0.717, 1.165) is 63.7 Å². The second-order valence-electron chi connectivity index (χ2n) is 13.9. The van der Waals surface area contributed by atoms with Gasteiger partial charge in [-0.05, 0) is 44.4 Å². The van der Waals surface area contributed by atoms with E-state index in [-0.39, 0.29) is 19.4 Å². The number of phosphoric ester groups is 1. The van der Waals surface area contributed by atoms with Crippen molar-refractivity contribution in [3.8, 4) is 0 Å². The minimum atomic E-state index is -4.75. The van der Waals surface area contributed by atoms with Crippen molar-refractivity contribution in [3.63, 3.8) is 0 Å². The second-order valence-corrected chi connectivity index (χ2v) is 15.1. The van der Waals surface area contributed by atoms with Crippen LogP contribution in [0.15, 0.2) is 12.2 Å². The van der Waals surface area contributed by atoms with Crippen molar-refractivity contribution in [3.05, 3.63) is 12.2 Å². The Kier molecular flexibility index (Phi) is 27.5. The number of esters is 2. The van der Waals surface area contributed by atoms with E-state index >= 15 is 0 Å². The van der Waals surface area contributed by atoms with Gasteiger partial charge in [0.1, 0.15) is 6.61 Å². The molecule has 3 unspecified atom stereocenters. The maximum absolute atomic E-state index is 12.4. The maximum atomic E-state index is 12.4. The predicted octanol–water partition coefficient (Wildman–Crippen LogP) is 10.3. The number of carbonyl (C=O) groups is 2.